The molecule has 0 bridgehead atoms. The van der Waals surface area contributed by atoms with Gasteiger partial charge in [0.1, 0.15) is 0 Å². The third-order valence-electron chi connectivity index (χ3n) is 0.520. The SMILES string of the molecule is ClC#CC1C[I-]1. The summed E-state index contributed by atoms with van der Waals surface area (Å²) in [5.74, 6) is 2.88. The minimum absolute atomic E-state index is 0.510. The van der Waals surface area contributed by atoms with Gasteiger partial charge in [0.25, 0.3) is 0 Å². The molecule has 1 unspecified atom stereocenters. The molecule has 1 fully saturated rings. The van der Waals surface area contributed by atoms with Crippen molar-refractivity contribution in [2.75, 3.05) is 4.43 Å². The molecule has 0 saturated carbocycles. The number of rotatable bonds is 0. The summed E-state index contributed by atoms with van der Waals surface area (Å²) in [7, 11) is 0. The van der Waals surface area contributed by atoms with Gasteiger partial charge in [-0.2, -0.15) is 0 Å². The van der Waals surface area contributed by atoms with Crippen LogP contribution in [-0.2, 0) is 0 Å². The summed E-state index contributed by atoms with van der Waals surface area (Å²) in [5.41, 5.74) is 0. The molecule has 1 aliphatic heterocycles. The van der Waals surface area contributed by atoms with E-state index in [1.165, 1.54) is 4.43 Å². The van der Waals surface area contributed by atoms with E-state index < -0.39 is 0 Å². The normalized spacial score (nSPS) is 29.2. The summed E-state index contributed by atoms with van der Waals surface area (Å²) < 4.78 is 2.14. The van der Waals surface area contributed by atoms with Gasteiger partial charge in [0.15, 0.2) is 0 Å². The number of halogens is 2. The predicted octanol–water partition coefficient (Wildman–Crippen LogP) is -2.34. The molecule has 2 heteroatoms. The summed E-state index contributed by atoms with van der Waals surface area (Å²) >= 11 is 5.60. The van der Waals surface area contributed by atoms with E-state index in [4.69, 9.17) is 11.6 Å². The van der Waals surface area contributed by atoms with Gasteiger partial charge in [-0.05, 0) is 0 Å². The van der Waals surface area contributed by atoms with Crippen molar-refractivity contribution in [1.29, 1.82) is 0 Å². The molecule has 0 spiro atoms. The third kappa shape index (κ3) is 1.36. The zero-order chi connectivity index (χ0) is 4.41. The van der Waals surface area contributed by atoms with Gasteiger partial charge < -0.3 is 0 Å². The Morgan fingerprint density at radius 1 is 1.83 bits per heavy atom. The maximum absolute atomic E-state index is 5.09. The van der Waals surface area contributed by atoms with Crippen molar-refractivity contribution >= 4 is 11.6 Å². The van der Waals surface area contributed by atoms with E-state index in [0.29, 0.717) is 21.2 Å². The molecule has 0 aliphatic carbocycles. The molecular formula is C4H3ClI-. The van der Waals surface area contributed by atoms with Crippen molar-refractivity contribution in [2.24, 2.45) is 0 Å². The van der Waals surface area contributed by atoms with Crippen molar-refractivity contribution in [3.63, 3.8) is 0 Å². The first-order valence-corrected chi connectivity index (χ1v) is 4.77. The summed E-state index contributed by atoms with van der Waals surface area (Å²) in [5, 5.41) is 2.38. The van der Waals surface area contributed by atoms with E-state index in [0.717, 1.165) is 3.92 Å². The molecule has 6 heavy (non-hydrogen) atoms. The second kappa shape index (κ2) is 2.04. The van der Waals surface area contributed by atoms with Crippen molar-refractivity contribution in [2.45, 2.75) is 3.92 Å². The molecular weight excluding hydrogens is 210 g/mol. The van der Waals surface area contributed by atoms with Crippen LogP contribution < -0.4 is 21.2 Å². The first-order chi connectivity index (χ1) is 2.93. The van der Waals surface area contributed by atoms with Crippen molar-refractivity contribution in [1.82, 2.24) is 0 Å². The van der Waals surface area contributed by atoms with Crippen LogP contribution in [0.5, 0.6) is 0 Å². The molecule has 0 aromatic rings. The van der Waals surface area contributed by atoms with Gasteiger partial charge in [-0.3, -0.25) is 0 Å². The summed E-state index contributed by atoms with van der Waals surface area (Å²) in [6.45, 7) is 0. The molecule has 1 saturated heterocycles. The van der Waals surface area contributed by atoms with Crippen molar-refractivity contribution in [3.05, 3.63) is 0 Å². The predicted molar refractivity (Wildman–Crippen MR) is 22.3 cm³/mol. The first-order valence-electron chi connectivity index (χ1n) is 1.62. The van der Waals surface area contributed by atoms with Crippen molar-refractivity contribution < 1.29 is 21.2 Å². The van der Waals surface area contributed by atoms with Gasteiger partial charge in [-0.15, -0.1) is 0 Å². The molecule has 0 aromatic heterocycles. The fourth-order valence-corrected chi connectivity index (χ4v) is 1.35. The molecule has 0 aromatic carbocycles. The molecule has 0 amide bonds. The van der Waals surface area contributed by atoms with Gasteiger partial charge in [-0.1, -0.05) is 0 Å². The van der Waals surface area contributed by atoms with E-state index in [2.05, 4.69) is 11.3 Å². The zero-order valence-corrected chi connectivity index (χ0v) is 5.95. The second-order valence-electron chi connectivity index (χ2n) is 1.01. The number of hydrogen-bond acceptors (Lipinski definition) is 0. The summed E-state index contributed by atoms with van der Waals surface area (Å²) in [6.07, 6.45) is 0. The fraction of sp³-hybridized carbons (Fsp3) is 0.500. The molecule has 0 nitrogen and oxygen atoms in total. The summed E-state index contributed by atoms with van der Waals surface area (Å²) in [6, 6.07) is 0. The Bertz CT molecular complexity index is 95.9. The Kier molecular flexibility index (Phi) is 1.61. The standard InChI is InChI=1S/C4H3ClI/c5-2-1-4-3-6-4/h4H,3H2/q-1. The number of hydrogen-bond donors (Lipinski definition) is 0. The van der Waals surface area contributed by atoms with E-state index in [9.17, 15) is 0 Å². The monoisotopic (exact) mass is 213 g/mol. The van der Waals surface area contributed by atoms with E-state index >= 15 is 0 Å². The van der Waals surface area contributed by atoms with Gasteiger partial charge in [0.05, 0.1) is 0 Å². The second-order valence-corrected chi connectivity index (χ2v) is 4.47. The van der Waals surface area contributed by atoms with Gasteiger partial charge >= 0.3 is 52.5 Å². The average Bonchev–Trinajstić information content (AvgIpc) is 2.21. The summed E-state index contributed by atoms with van der Waals surface area (Å²) in [4.78, 5) is 0. The van der Waals surface area contributed by atoms with Crippen molar-refractivity contribution in [3.8, 4) is 11.3 Å². The van der Waals surface area contributed by atoms with Crippen LogP contribution in [0.1, 0.15) is 0 Å². The topological polar surface area (TPSA) is 0 Å². The molecule has 1 atom stereocenters. The van der Waals surface area contributed by atoms with E-state index in [1.54, 1.807) is 0 Å². The molecule has 1 aliphatic rings. The Balaban J connectivity index is 2.27. The van der Waals surface area contributed by atoms with Crippen LogP contribution in [0.3, 0.4) is 0 Å². The Hall–Kier alpha value is 0.580. The van der Waals surface area contributed by atoms with E-state index in [1.807, 2.05) is 0 Å². The van der Waals surface area contributed by atoms with Crippen LogP contribution in [0.2, 0.25) is 0 Å². The zero-order valence-electron chi connectivity index (χ0n) is 3.04. The molecule has 1 rings (SSSR count). The maximum atomic E-state index is 5.09. The van der Waals surface area contributed by atoms with Gasteiger partial charge in [0, 0.05) is 0 Å². The van der Waals surface area contributed by atoms with Crippen LogP contribution in [0.15, 0.2) is 0 Å². The molecule has 0 N–H and O–H groups in total. The van der Waals surface area contributed by atoms with Crippen LogP contribution in [-0.4, -0.2) is 8.35 Å². The van der Waals surface area contributed by atoms with Gasteiger partial charge in [0.2, 0.25) is 0 Å². The first kappa shape index (κ1) is 4.73. The Morgan fingerprint density at radius 3 is 2.67 bits per heavy atom. The van der Waals surface area contributed by atoms with Crippen LogP contribution in [0, 0.1) is 11.3 Å². The Morgan fingerprint density at radius 2 is 2.50 bits per heavy atom. The molecule has 1 heterocycles. The van der Waals surface area contributed by atoms with Crippen LogP contribution in [0.4, 0.5) is 0 Å². The number of alkyl halides is 2. The fourth-order valence-electron chi connectivity index (χ4n) is 0.181. The Labute approximate surface area is 52.5 Å². The minimum atomic E-state index is 0.510. The quantitative estimate of drug-likeness (QED) is 0.240. The average molecular weight is 213 g/mol. The van der Waals surface area contributed by atoms with E-state index in [-0.39, 0.29) is 0 Å². The van der Waals surface area contributed by atoms with Gasteiger partial charge in [-0.25, -0.2) is 0 Å². The molecule has 0 radical (unpaired) electrons. The van der Waals surface area contributed by atoms with Crippen LogP contribution in [0.25, 0.3) is 0 Å². The molecule has 34 valence electrons. The third-order valence-corrected chi connectivity index (χ3v) is 2.70. The van der Waals surface area contributed by atoms with Crippen LogP contribution >= 0.6 is 11.6 Å².